The second kappa shape index (κ2) is 8.85. The normalized spacial score (nSPS) is 16.2. The molecular formula is C22H24FN7O2. The summed E-state index contributed by atoms with van der Waals surface area (Å²) in [6, 6.07) is 4.96. The summed E-state index contributed by atoms with van der Waals surface area (Å²) in [6.07, 6.45) is 3.01. The minimum atomic E-state index is -0.624. The van der Waals surface area contributed by atoms with Crippen molar-refractivity contribution in [2.75, 3.05) is 29.9 Å². The van der Waals surface area contributed by atoms with Gasteiger partial charge in [-0.3, -0.25) is 14.8 Å². The molecule has 3 aromatic rings. The number of aliphatic hydroxyl groups is 1. The third kappa shape index (κ3) is 3.97. The third-order valence-electron chi connectivity index (χ3n) is 5.38. The van der Waals surface area contributed by atoms with E-state index in [-0.39, 0.29) is 23.5 Å². The highest BCUT2D eigenvalue weighted by Gasteiger charge is 2.23. The van der Waals surface area contributed by atoms with E-state index in [0.29, 0.717) is 23.1 Å². The topological polar surface area (TPSA) is 107 Å². The van der Waals surface area contributed by atoms with Gasteiger partial charge in [0, 0.05) is 44.1 Å². The molecule has 0 spiro atoms. The van der Waals surface area contributed by atoms with Crippen LogP contribution < -0.4 is 15.5 Å². The number of amides is 1. The summed E-state index contributed by atoms with van der Waals surface area (Å²) in [6.45, 7) is 11.5. The lowest BCUT2D eigenvalue weighted by Gasteiger charge is -2.34. The summed E-state index contributed by atoms with van der Waals surface area (Å²) >= 11 is 0. The van der Waals surface area contributed by atoms with Gasteiger partial charge in [0.1, 0.15) is 11.4 Å². The molecule has 1 aliphatic rings. The number of nitrogens with one attached hydrogen (secondary N) is 2. The van der Waals surface area contributed by atoms with E-state index >= 15 is 0 Å². The number of benzene rings is 1. The Morgan fingerprint density at radius 2 is 2.12 bits per heavy atom. The number of rotatable bonds is 6. The number of anilines is 2. The molecule has 0 radical (unpaired) electrons. The average Bonchev–Trinajstić information content (AvgIpc) is 3.21. The molecule has 4 rings (SSSR count). The molecule has 1 amide bonds. The lowest BCUT2D eigenvalue weighted by Crippen LogP contribution is -2.49. The summed E-state index contributed by atoms with van der Waals surface area (Å²) < 4.78 is 15.8. The van der Waals surface area contributed by atoms with E-state index in [0.717, 1.165) is 25.3 Å². The molecule has 1 atom stereocenters. The van der Waals surface area contributed by atoms with Gasteiger partial charge in [0.2, 0.25) is 0 Å². The van der Waals surface area contributed by atoms with Crippen molar-refractivity contribution >= 4 is 47.7 Å². The number of pyridine rings is 1. The van der Waals surface area contributed by atoms with Crippen LogP contribution in [-0.2, 0) is 6.61 Å². The number of aliphatic hydroxyl groups excluding tert-OH is 1. The van der Waals surface area contributed by atoms with Crippen molar-refractivity contribution in [3.8, 4) is 0 Å². The first-order valence-electron chi connectivity index (χ1n) is 10.1. The van der Waals surface area contributed by atoms with Crippen molar-refractivity contribution in [1.29, 1.82) is 0 Å². The van der Waals surface area contributed by atoms with Gasteiger partial charge in [-0.25, -0.2) is 9.37 Å². The van der Waals surface area contributed by atoms with Crippen LogP contribution >= 0.6 is 0 Å². The minimum Gasteiger partial charge on any atom is -0.390 e. The maximum Gasteiger partial charge on any atom is 0.257 e. The molecule has 10 heteroatoms. The molecule has 1 aromatic carbocycles. The lowest BCUT2D eigenvalue weighted by atomic mass is 10.1. The zero-order valence-corrected chi connectivity index (χ0v) is 17.7. The van der Waals surface area contributed by atoms with Gasteiger partial charge in [-0.1, -0.05) is 0 Å². The van der Waals surface area contributed by atoms with Crippen LogP contribution in [-0.4, -0.2) is 59.5 Å². The monoisotopic (exact) mass is 437 g/mol. The Labute approximate surface area is 184 Å². The van der Waals surface area contributed by atoms with Gasteiger partial charge in [0.05, 0.1) is 29.2 Å². The van der Waals surface area contributed by atoms with Gasteiger partial charge in [-0.2, -0.15) is 0 Å². The van der Waals surface area contributed by atoms with Crippen molar-refractivity contribution in [3.05, 3.63) is 47.7 Å². The van der Waals surface area contributed by atoms with Crippen LogP contribution in [0.4, 0.5) is 27.1 Å². The van der Waals surface area contributed by atoms with Crippen LogP contribution in [0, 0.1) is 5.82 Å². The Bertz CT molecular complexity index is 1210. The molecule has 166 valence electrons. The molecule has 1 fully saturated rings. The summed E-state index contributed by atoms with van der Waals surface area (Å²) in [5.74, 6) is -1.11. The number of hydrogen-bond acceptors (Lipinski definition) is 7. The fraction of sp³-hybridized carbons (Fsp3) is 0.273. The summed E-state index contributed by atoms with van der Waals surface area (Å²) in [5.41, 5.74) is 2.48. The Hall–Kier alpha value is -3.63. The molecule has 0 bridgehead atoms. The molecule has 0 saturated carbocycles. The van der Waals surface area contributed by atoms with Crippen LogP contribution in [0.15, 0.2) is 40.6 Å². The zero-order valence-electron chi connectivity index (χ0n) is 17.7. The first kappa shape index (κ1) is 21.6. The number of carbonyl (C=O) groups is 1. The second-order valence-electron chi connectivity index (χ2n) is 7.60. The van der Waals surface area contributed by atoms with E-state index in [1.807, 2.05) is 6.07 Å². The largest absolute Gasteiger partial charge is 0.390 e. The van der Waals surface area contributed by atoms with E-state index in [9.17, 15) is 14.3 Å². The smallest absolute Gasteiger partial charge is 0.257 e. The number of hydrogen-bond donors (Lipinski definition) is 3. The molecule has 2 aromatic heterocycles. The van der Waals surface area contributed by atoms with E-state index in [1.165, 1.54) is 22.9 Å². The lowest BCUT2D eigenvalue weighted by molar-refractivity contribution is 0.102. The number of aliphatic imine (C=N–C) groups is 2. The fourth-order valence-corrected chi connectivity index (χ4v) is 3.93. The Morgan fingerprint density at radius 3 is 2.81 bits per heavy atom. The van der Waals surface area contributed by atoms with E-state index in [4.69, 9.17) is 0 Å². The van der Waals surface area contributed by atoms with E-state index in [2.05, 4.69) is 50.9 Å². The standard InChI is InChI=1S/C22H24FN7O2/c1-13-9-29(7-6-26-13)18-5-4-16(19(24-2)20(18)25-3)22(32)28-14-8-17(23)21-27-15(12-31)11-30(21)10-14/h4-5,8,10-11,13,26,31H,2-3,6-7,9,12H2,1H3,(H,28,32). The fourth-order valence-electron chi connectivity index (χ4n) is 3.93. The number of halogens is 1. The Kier molecular flexibility index (Phi) is 5.97. The van der Waals surface area contributed by atoms with Crippen molar-refractivity contribution in [1.82, 2.24) is 14.7 Å². The predicted octanol–water partition coefficient (Wildman–Crippen LogP) is 2.68. The third-order valence-corrected chi connectivity index (χ3v) is 5.38. The molecule has 3 N–H and O–H groups in total. The zero-order chi connectivity index (χ0) is 22.8. The highest BCUT2D eigenvalue weighted by Crippen LogP contribution is 2.41. The molecular weight excluding hydrogens is 413 g/mol. The van der Waals surface area contributed by atoms with Gasteiger partial charge in [0.25, 0.3) is 5.91 Å². The molecule has 32 heavy (non-hydrogen) atoms. The van der Waals surface area contributed by atoms with E-state index < -0.39 is 11.7 Å². The van der Waals surface area contributed by atoms with Crippen LogP contribution in [0.25, 0.3) is 5.65 Å². The molecule has 1 unspecified atom stereocenters. The number of carbonyl (C=O) groups excluding carboxylic acids is 1. The molecule has 9 nitrogen and oxygen atoms in total. The Balaban J connectivity index is 1.67. The van der Waals surface area contributed by atoms with Gasteiger partial charge < -0.3 is 25.0 Å². The maximum atomic E-state index is 14.4. The van der Waals surface area contributed by atoms with Gasteiger partial charge >= 0.3 is 0 Å². The summed E-state index contributed by atoms with van der Waals surface area (Å²) in [7, 11) is 0. The summed E-state index contributed by atoms with van der Waals surface area (Å²) in [5, 5.41) is 15.3. The molecule has 1 saturated heterocycles. The summed E-state index contributed by atoms with van der Waals surface area (Å²) in [4.78, 5) is 27.4. The van der Waals surface area contributed by atoms with Crippen LogP contribution in [0.1, 0.15) is 23.0 Å². The number of nitrogens with zero attached hydrogens (tertiary/aromatic N) is 5. The van der Waals surface area contributed by atoms with Gasteiger partial charge in [-0.05, 0) is 32.5 Å². The van der Waals surface area contributed by atoms with Crippen molar-refractivity contribution in [3.63, 3.8) is 0 Å². The first-order valence-corrected chi connectivity index (χ1v) is 10.1. The van der Waals surface area contributed by atoms with Crippen LogP contribution in [0.2, 0.25) is 0 Å². The molecule has 3 heterocycles. The van der Waals surface area contributed by atoms with Crippen LogP contribution in [0.3, 0.4) is 0 Å². The van der Waals surface area contributed by atoms with Crippen molar-refractivity contribution in [2.45, 2.75) is 19.6 Å². The number of imidazole rings is 1. The SMILES string of the molecule is C=Nc1c(C(=O)Nc2cc(F)c3nc(CO)cn3c2)ccc(N2CCNC(C)C2)c1N=C. The minimum absolute atomic E-state index is 0.0632. The molecule has 1 aliphatic heterocycles. The van der Waals surface area contributed by atoms with Crippen molar-refractivity contribution < 1.29 is 14.3 Å². The second-order valence-corrected chi connectivity index (χ2v) is 7.60. The molecule has 0 aliphatic carbocycles. The van der Waals surface area contributed by atoms with Gasteiger partial charge in [0.15, 0.2) is 11.5 Å². The quantitative estimate of drug-likeness (QED) is 0.514. The first-order chi connectivity index (χ1) is 15.4. The van der Waals surface area contributed by atoms with Gasteiger partial charge in [-0.15, -0.1) is 0 Å². The number of fused-ring (bicyclic) bond motifs is 1. The van der Waals surface area contributed by atoms with E-state index in [1.54, 1.807) is 6.07 Å². The number of aromatic nitrogens is 2. The number of piperazine rings is 1. The highest BCUT2D eigenvalue weighted by atomic mass is 19.1. The Morgan fingerprint density at radius 1 is 1.34 bits per heavy atom. The maximum absolute atomic E-state index is 14.4. The van der Waals surface area contributed by atoms with Crippen LogP contribution in [0.5, 0.6) is 0 Å². The average molecular weight is 437 g/mol. The predicted molar refractivity (Wildman–Crippen MR) is 124 cm³/mol. The highest BCUT2D eigenvalue weighted by molar-refractivity contribution is 6.10. The van der Waals surface area contributed by atoms with Crippen molar-refractivity contribution in [2.24, 2.45) is 9.98 Å².